The topological polar surface area (TPSA) is 75.4 Å². The van der Waals surface area contributed by atoms with Crippen molar-refractivity contribution in [1.82, 2.24) is 14.7 Å². The monoisotopic (exact) mass is 317 g/mol. The van der Waals surface area contributed by atoms with Gasteiger partial charge in [-0.3, -0.25) is 9.59 Å². The summed E-state index contributed by atoms with van der Waals surface area (Å²) in [6.07, 6.45) is 2.50. The van der Waals surface area contributed by atoms with E-state index in [-0.39, 0.29) is 23.3 Å². The van der Waals surface area contributed by atoms with Crippen molar-refractivity contribution in [3.63, 3.8) is 0 Å². The Morgan fingerprint density at radius 3 is 2.61 bits per heavy atom. The van der Waals surface area contributed by atoms with E-state index in [1.165, 1.54) is 16.8 Å². The highest BCUT2D eigenvalue weighted by atomic mass is 19.1. The minimum absolute atomic E-state index is 0.232. The highest BCUT2D eigenvalue weighted by Gasteiger charge is 2.28. The highest BCUT2D eigenvalue weighted by molar-refractivity contribution is 5.92. The predicted octanol–water partition coefficient (Wildman–Crippen LogP) is 1.95. The Morgan fingerprint density at radius 2 is 1.96 bits per heavy atom. The molecule has 1 N–H and O–H groups in total. The lowest BCUT2D eigenvalue weighted by Crippen LogP contribution is -2.40. The molecule has 2 aromatic rings. The molecular weight excluding hydrogens is 301 g/mol. The first kappa shape index (κ1) is 15.2. The normalized spacial score (nSPS) is 15.6. The minimum Gasteiger partial charge on any atom is -0.481 e. The van der Waals surface area contributed by atoms with Crippen LogP contribution in [0.2, 0.25) is 0 Å². The fourth-order valence-corrected chi connectivity index (χ4v) is 2.69. The van der Waals surface area contributed by atoms with Gasteiger partial charge in [0.1, 0.15) is 5.82 Å². The van der Waals surface area contributed by atoms with Gasteiger partial charge in [0.25, 0.3) is 5.91 Å². The van der Waals surface area contributed by atoms with Crippen LogP contribution in [0.25, 0.3) is 5.69 Å². The number of amides is 1. The Bertz CT molecular complexity index is 736. The lowest BCUT2D eigenvalue weighted by atomic mass is 9.97. The van der Waals surface area contributed by atoms with Crippen LogP contribution in [0.15, 0.2) is 36.5 Å². The number of carboxylic acids is 1. The highest BCUT2D eigenvalue weighted by Crippen LogP contribution is 2.19. The van der Waals surface area contributed by atoms with Gasteiger partial charge in [0.15, 0.2) is 5.69 Å². The zero-order valence-electron chi connectivity index (χ0n) is 12.4. The molecule has 1 fully saturated rings. The third-order valence-electron chi connectivity index (χ3n) is 4.01. The molecule has 2 heterocycles. The fourth-order valence-electron chi connectivity index (χ4n) is 2.69. The molecule has 0 saturated carbocycles. The lowest BCUT2D eigenvalue weighted by molar-refractivity contribution is -0.143. The van der Waals surface area contributed by atoms with Gasteiger partial charge < -0.3 is 10.0 Å². The summed E-state index contributed by atoms with van der Waals surface area (Å²) < 4.78 is 14.7. The van der Waals surface area contributed by atoms with Gasteiger partial charge in [-0.05, 0) is 37.1 Å². The summed E-state index contributed by atoms with van der Waals surface area (Å²) >= 11 is 0. The number of carbonyl (C=O) groups excluding carboxylic acids is 1. The summed E-state index contributed by atoms with van der Waals surface area (Å²) in [5, 5.41) is 13.2. The van der Waals surface area contributed by atoms with Gasteiger partial charge in [-0.25, -0.2) is 9.07 Å². The average molecular weight is 317 g/mol. The van der Waals surface area contributed by atoms with E-state index in [1.807, 2.05) is 0 Å². The number of hydrogen-bond acceptors (Lipinski definition) is 3. The maximum Gasteiger partial charge on any atom is 0.306 e. The van der Waals surface area contributed by atoms with Crippen LogP contribution in [0.5, 0.6) is 0 Å². The SMILES string of the molecule is O=C(O)C1CCN(C(=O)c2ccn(-c3cccc(F)c3)n2)CC1. The zero-order chi connectivity index (χ0) is 16.4. The largest absolute Gasteiger partial charge is 0.481 e. The molecule has 0 aliphatic carbocycles. The van der Waals surface area contributed by atoms with E-state index in [0.29, 0.717) is 31.6 Å². The summed E-state index contributed by atoms with van der Waals surface area (Å²) in [7, 11) is 0. The Hall–Kier alpha value is -2.70. The molecule has 1 aliphatic rings. The molecule has 1 aliphatic heterocycles. The van der Waals surface area contributed by atoms with Crippen molar-refractivity contribution >= 4 is 11.9 Å². The predicted molar refractivity (Wildman–Crippen MR) is 79.8 cm³/mol. The Labute approximate surface area is 132 Å². The third kappa shape index (κ3) is 3.23. The van der Waals surface area contributed by atoms with Crippen LogP contribution in [0, 0.1) is 11.7 Å². The second kappa shape index (κ2) is 6.20. The summed E-state index contributed by atoms with van der Waals surface area (Å²) in [6.45, 7) is 0.811. The molecular formula is C16H16FN3O3. The molecule has 0 unspecified atom stereocenters. The Kier molecular flexibility index (Phi) is 4.10. The van der Waals surface area contributed by atoms with E-state index >= 15 is 0 Å². The average Bonchev–Trinajstić information content (AvgIpc) is 3.04. The molecule has 23 heavy (non-hydrogen) atoms. The van der Waals surface area contributed by atoms with Gasteiger partial charge >= 0.3 is 5.97 Å². The second-order valence-electron chi connectivity index (χ2n) is 5.53. The molecule has 7 heteroatoms. The summed E-state index contributed by atoms with van der Waals surface area (Å²) in [5.74, 6) is -1.80. The van der Waals surface area contributed by atoms with Crippen LogP contribution in [-0.4, -0.2) is 44.8 Å². The fraction of sp³-hybridized carbons (Fsp3) is 0.312. The van der Waals surface area contributed by atoms with Crippen LogP contribution >= 0.6 is 0 Å². The van der Waals surface area contributed by atoms with Crippen LogP contribution in [0.3, 0.4) is 0 Å². The number of aliphatic carboxylic acids is 1. The first-order valence-corrected chi connectivity index (χ1v) is 7.38. The number of rotatable bonds is 3. The van der Waals surface area contributed by atoms with Crippen LogP contribution < -0.4 is 0 Å². The van der Waals surface area contributed by atoms with Crippen molar-refractivity contribution in [3.05, 3.63) is 48.0 Å². The molecule has 6 nitrogen and oxygen atoms in total. The molecule has 0 atom stereocenters. The third-order valence-corrected chi connectivity index (χ3v) is 4.01. The number of piperidine rings is 1. The maximum absolute atomic E-state index is 13.2. The van der Waals surface area contributed by atoms with E-state index in [9.17, 15) is 14.0 Å². The van der Waals surface area contributed by atoms with Crippen molar-refractivity contribution in [2.75, 3.05) is 13.1 Å². The maximum atomic E-state index is 13.2. The van der Waals surface area contributed by atoms with E-state index in [4.69, 9.17) is 5.11 Å². The van der Waals surface area contributed by atoms with Gasteiger partial charge in [-0.1, -0.05) is 6.07 Å². The lowest BCUT2D eigenvalue weighted by Gasteiger charge is -2.29. The minimum atomic E-state index is -0.813. The molecule has 1 aromatic carbocycles. The molecule has 0 radical (unpaired) electrons. The number of aromatic nitrogens is 2. The standard InChI is InChI=1S/C16H16FN3O3/c17-12-2-1-3-13(10-12)20-9-6-14(18-20)15(21)19-7-4-11(5-8-19)16(22)23/h1-3,6,9-11H,4-5,7-8H2,(H,22,23). The molecule has 0 bridgehead atoms. The van der Waals surface area contributed by atoms with Crippen molar-refractivity contribution < 1.29 is 19.1 Å². The van der Waals surface area contributed by atoms with E-state index in [2.05, 4.69) is 5.10 Å². The van der Waals surface area contributed by atoms with E-state index in [1.54, 1.807) is 29.3 Å². The van der Waals surface area contributed by atoms with Gasteiger partial charge in [0.2, 0.25) is 0 Å². The smallest absolute Gasteiger partial charge is 0.306 e. The van der Waals surface area contributed by atoms with Crippen LogP contribution in [0.4, 0.5) is 4.39 Å². The van der Waals surface area contributed by atoms with Crippen molar-refractivity contribution in [2.45, 2.75) is 12.8 Å². The number of benzene rings is 1. The first-order valence-electron chi connectivity index (χ1n) is 7.38. The van der Waals surface area contributed by atoms with Crippen molar-refractivity contribution in [2.24, 2.45) is 5.92 Å². The van der Waals surface area contributed by atoms with Gasteiger partial charge in [-0.15, -0.1) is 0 Å². The van der Waals surface area contributed by atoms with Gasteiger partial charge in [0.05, 0.1) is 11.6 Å². The van der Waals surface area contributed by atoms with Crippen LogP contribution in [0.1, 0.15) is 23.3 Å². The first-order chi connectivity index (χ1) is 11.0. The second-order valence-corrected chi connectivity index (χ2v) is 5.53. The number of hydrogen-bond donors (Lipinski definition) is 1. The van der Waals surface area contributed by atoms with E-state index in [0.717, 1.165) is 0 Å². The molecule has 120 valence electrons. The van der Waals surface area contributed by atoms with Crippen molar-refractivity contribution in [3.8, 4) is 5.69 Å². The summed E-state index contributed by atoms with van der Waals surface area (Å²) in [6, 6.07) is 7.52. The van der Waals surface area contributed by atoms with Gasteiger partial charge in [-0.2, -0.15) is 5.10 Å². The summed E-state index contributed by atoms with van der Waals surface area (Å²) in [5.41, 5.74) is 0.802. The quantitative estimate of drug-likeness (QED) is 0.939. The molecule has 1 saturated heterocycles. The Morgan fingerprint density at radius 1 is 1.22 bits per heavy atom. The van der Waals surface area contributed by atoms with Crippen molar-refractivity contribution in [1.29, 1.82) is 0 Å². The van der Waals surface area contributed by atoms with E-state index < -0.39 is 5.97 Å². The molecule has 1 aromatic heterocycles. The molecule has 3 rings (SSSR count). The van der Waals surface area contributed by atoms with Crippen LogP contribution in [-0.2, 0) is 4.79 Å². The number of carboxylic acid groups (broad SMARTS) is 1. The zero-order valence-corrected chi connectivity index (χ0v) is 12.4. The number of nitrogens with zero attached hydrogens (tertiary/aromatic N) is 3. The Balaban J connectivity index is 1.71. The molecule has 0 spiro atoms. The van der Waals surface area contributed by atoms with Gasteiger partial charge in [0, 0.05) is 19.3 Å². The number of carbonyl (C=O) groups is 2. The summed E-state index contributed by atoms with van der Waals surface area (Å²) in [4.78, 5) is 25.0. The number of halogens is 1. The molecule has 1 amide bonds. The number of likely N-dealkylation sites (tertiary alicyclic amines) is 1.